The first-order valence-corrected chi connectivity index (χ1v) is 10.1. The van der Waals surface area contributed by atoms with Crippen molar-refractivity contribution in [2.75, 3.05) is 19.6 Å². The Kier molecular flexibility index (Phi) is 4.72. The Bertz CT molecular complexity index is 877. The van der Waals surface area contributed by atoms with Crippen LogP contribution in [0.1, 0.15) is 56.4 Å². The number of aromatic nitrogens is 4. The maximum absolute atomic E-state index is 13.1. The van der Waals surface area contributed by atoms with Gasteiger partial charge < -0.3 is 19.4 Å². The highest BCUT2D eigenvalue weighted by atomic mass is 16.2. The molecule has 4 rings (SSSR count). The van der Waals surface area contributed by atoms with Crippen LogP contribution >= 0.6 is 0 Å². The van der Waals surface area contributed by atoms with Crippen molar-refractivity contribution in [1.29, 1.82) is 0 Å². The third kappa shape index (κ3) is 2.82. The zero-order chi connectivity index (χ0) is 19.9. The molecule has 0 bridgehead atoms. The van der Waals surface area contributed by atoms with Crippen molar-refractivity contribution in [2.24, 2.45) is 0 Å². The Morgan fingerprint density at radius 2 is 2.00 bits per heavy atom. The van der Waals surface area contributed by atoms with Crippen molar-refractivity contribution in [1.82, 2.24) is 29.3 Å². The summed E-state index contributed by atoms with van der Waals surface area (Å²) >= 11 is 0. The lowest BCUT2D eigenvalue weighted by atomic mass is 9.78. The highest BCUT2D eigenvalue weighted by Crippen LogP contribution is 2.42. The summed E-state index contributed by atoms with van der Waals surface area (Å²) in [5.41, 5.74) is 1.72. The SMILES string of the molecule is CCC(=O)N1CCc2[nH]cnc2C12CCN(C(=O)[C@H](C)n1ccnc1C)CC2. The summed E-state index contributed by atoms with van der Waals surface area (Å²) in [6.45, 7) is 7.68. The zero-order valence-electron chi connectivity index (χ0n) is 16.8. The summed E-state index contributed by atoms with van der Waals surface area (Å²) in [4.78, 5) is 41.7. The van der Waals surface area contributed by atoms with Crippen molar-refractivity contribution < 1.29 is 9.59 Å². The van der Waals surface area contributed by atoms with Gasteiger partial charge in [-0.25, -0.2) is 9.97 Å². The fourth-order valence-corrected chi connectivity index (χ4v) is 4.82. The molecule has 1 fully saturated rings. The minimum Gasteiger partial charge on any atom is -0.348 e. The number of hydrogen-bond acceptors (Lipinski definition) is 4. The molecule has 0 saturated carbocycles. The van der Waals surface area contributed by atoms with Gasteiger partial charge in [0.25, 0.3) is 0 Å². The number of H-pyrrole nitrogens is 1. The second-order valence-corrected chi connectivity index (χ2v) is 7.79. The number of carbonyl (C=O) groups is 2. The molecule has 0 unspecified atom stereocenters. The van der Waals surface area contributed by atoms with Gasteiger partial charge in [-0.15, -0.1) is 0 Å². The number of fused-ring (bicyclic) bond motifs is 2. The molecule has 1 atom stereocenters. The molecule has 1 N–H and O–H groups in total. The van der Waals surface area contributed by atoms with Crippen molar-refractivity contribution in [2.45, 2.75) is 58.0 Å². The normalized spacial score (nSPS) is 19.5. The summed E-state index contributed by atoms with van der Waals surface area (Å²) in [6, 6.07) is -0.280. The number of rotatable bonds is 3. The number of imidazole rings is 2. The highest BCUT2D eigenvalue weighted by molar-refractivity contribution is 5.80. The molecular formula is C20H28N6O2. The van der Waals surface area contributed by atoms with Crippen LogP contribution in [0.15, 0.2) is 18.7 Å². The molecule has 2 amide bonds. The lowest BCUT2D eigenvalue weighted by Gasteiger charge is -2.50. The first-order valence-electron chi connectivity index (χ1n) is 10.1. The summed E-state index contributed by atoms with van der Waals surface area (Å²) in [6.07, 6.45) is 8.04. The molecular weight excluding hydrogens is 356 g/mol. The summed E-state index contributed by atoms with van der Waals surface area (Å²) in [5, 5.41) is 0. The monoisotopic (exact) mass is 384 g/mol. The maximum atomic E-state index is 13.1. The largest absolute Gasteiger partial charge is 0.348 e. The molecule has 4 heterocycles. The minimum absolute atomic E-state index is 0.0994. The van der Waals surface area contributed by atoms with Crippen LogP contribution in [-0.4, -0.2) is 60.8 Å². The molecule has 2 aromatic heterocycles. The Morgan fingerprint density at radius 1 is 1.25 bits per heavy atom. The predicted octanol–water partition coefficient (Wildman–Crippen LogP) is 1.79. The molecule has 1 saturated heterocycles. The molecule has 2 aliphatic heterocycles. The number of likely N-dealkylation sites (tertiary alicyclic amines) is 1. The average molecular weight is 384 g/mol. The van der Waals surface area contributed by atoms with Gasteiger partial charge in [0.2, 0.25) is 11.8 Å². The van der Waals surface area contributed by atoms with Crippen LogP contribution in [0.5, 0.6) is 0 Å². The van der Waals surface area contributed by atoms with E-state index in [1.54, 1.807) is 12.5 Å². The Balaban J connectivity index is 1.55. The van der Waals surface area contributed by atoms with Gasteiger partial charge >= 0.3 is 0 Å². The lowest BCUT2D eigenvalue weighted by molar-refractivity contribution is -0.145. The van der Waals surface area contributed by atoms with E-state index in [2.05, 4.69) is 15.0 Å². The first-order chi connectivity index (χ1) is 13.5. The molecule has 2 aliphatic rings. The maximum Gasteiger partial charge on any atom is 0.245 e. The van der Waals surface area contributed by atoms with Gasteiger partial charge in [-0.05, 0) is 26.7 Å². The molecule has 28 heavy (non-hydrogen) atoms. The van der Waals surface area contributed by atoms with E-state index in [0.717, 1.165) is 36.5 Å². The summed E-state index contributed by atoms with van der Waals surface area (Å²) in [7, 11) is 0. The van der Waals surface area contributed by atoms with Gasteiger partial charge in [0.05, 0.1) is 17.6 Å². The van der Waals surface area contributed by atoms with Crippen molar-refractivity contribution in [3.8, 4) is 0 Å². The molecule has 0 radical (unpaired) electrons. The predicted molar refractivity (Wildman–Crippen MR) is 103 cm³/mol. The quantitative estimate of drug-likeness (QED) is 0.874. The number of aromatic amines is 1. The second kappa shape index (κ2) is 7.07. The van der Waals surface area contributed by atoms with Gasteiger partial charge in [0.15, 0.2) is 0 Å². The van der Waals surface area contributed by atoms with Crippen LogP contribution in [0, 0.1) is 6.92 Å². The number of carbonyl (C=O) groups excluding carboxylic acids is 2. The topological polar surface area (TPSA) is 87.1 Å². The van der Waals surface area contributed by atoms with Crippen molar-refractivity contribution in [3.63, 3.8) is 0 Å². The lowest BCUT2D eigenvalue weighted by Crippen LogP contribution is -2.59. The first kappa shape index (κ1) is 18.7. The number of aryl methyl sites for hydroxylation is 1. The van der Waals surface area contributed by atoms with Crippen LogP contribution in [-0.2, 0) is 21.5 Å². The smallest absolute Gasteiger partial charge is 0.245 e. The van der Waals surface area contributed by atoms with Crippen LogP contribution in [0.3, 0.4) is 0 Å². The van der Waals surface area contributed by atoms with Crippen LogP contribution < -0.4 is 0 Å². The molecule has 0 aliphatic carbocycles. The fraction of sp³-hybridized carbons (Fsp3) is 0.600. The molecule has 8 nitrogen and oxygen atoms in total. The van der Waals surface area contributed by atoms with E-state index < -0.39 is 5.54 Å². The number of amides is 2. The van der Waals surface area contributed by atoms with E-state index in [0.29, 0.717) is 26.1 Å². The van der Waals surface area contributed by atoms with Crippen LogP contribution in [0.25, 0.3) is 0 Å². The number of nitrogens with one attached hydrogen (secondary N) is 1. The fourth-order valence-electron chi connectivity index (χ4n) is 4.82. The zero-order valence-corrected chi connectivity index (χ0v) is 16.8. The highest BCUT2D eigenvalue weighted by Gasteiger charge is 2.49. The second-order valence-electron chi connectivity index (χ2n) is 7.79. The third-order valence-corrected chi connectivity index (χ3v) is 6.40. The van der Waals surface area contributed by atoms with E-state index in [-0.39, 0.29) is 17.9 Å². The number of hydrogen-bond donors (Lipinski definition) is 1. The van der Waals surface area contributed by atoms with Crippen molar-refractivity contribution in [3.05, 3.63) is 35.9 Å². The molecule has 0 aromatic carbocycles. The van der Waals surface area contributed by atoms with E-state index >= 15 is 0 Å². The summed E-state index contributed by atoms with van der Waals surface area (Å²) in [5.74, 6) is 1.10. The van der Waals surface area contributed by atoms with Crippen molar-refractivity contribution >= 4 is 11.8 Å². The number of piperidine rings is 1. The van der Waals surface area contributed by atoms with Gasteiger partial charge in [-0.1, -0.05) is 6.92 Å². The Hall–Kier alpha value is -2.64. The van der Waals surface area contributed by atoms with E-state index in [4.69, 9.17) is 0 Å². The van der Waals surface area contributed by atoms with Gasteiger partial charge in [0.1, 0.15) is 11.9 Å². The standard InChI is InChI=1S/C20H28N6O2/c1-4-17(27)26-9-5-16-18(23-13-22-16)20(26)6-10-24(11-7-20)19(28)14(2)25-12-8-21-15(25)3/h8,12-14H,4-7,9-11H2,1-3H3,(H,22,23)/t14-/m0/s1. The average Bonchev–Trinajstić information content (AvgIpc) is 3.36. The van der Waals surface area contributed by atoms with Crippen LogP contribution in [0.2, 0.25) is 0 Å². The van der Waals surface area contributed by atoms with E-state index in [1.165, 1.54) is 0 Å². The van der Waals surface area contributed by atoms with Gasteiger partial charge in [-0.3, -0.25) is 9.59 Å². The Morgan fingerprint density at radius 3 is 2.64 bits per heavy atom. The molecule has 2 aromatic rings. The molecule has 8 heteroatoms. The van der Waals surface area contributed by atoms with E-state index in [1.807, 2.05) is 41.3 Å². The van der Waals surface area contributed by atoms with Crippen LogP contribution in [0.4, 0.5) is 0 Å². The third-order valence-electron chi connectivity index (χ3n) is 6.40. The number of nitrogens with zero attached hydrogens (tertiary/aromatic N) is 5. The molecule has 150 valence electrons. The van der Waals surface area contributed by atoms with Gasteiger partial charge in [0, 0.05) is 50.6 Å². The summed E-state index contributed by atoms with van der Waals surface area (Å²) < 4.78 is 1.91. The molecule has 1 spiro atoms. The van der Waals surface area contributed by atoms with Gasteiger partial charge in [-0.2, -0.15) is 0 Å². The minimum atomic E-state index is -0.397. The van der Waals surface area contributed by atoms with E-state index in [9.17, 15) is 9.59 Å². The Labute approximate surface area is 164 Å².